The molecule has 0 fully saturated rings. The van der Waals surface area contributed by atoms with Crippen LogP contribution in [0.5, 0.6) is 0 Å². The third-order valence-corrected chi connectivity index (χ3v) is 3.56. The van der Waals surface area contributed by atoms with Gasteiger partial charge in [-0.15, -0.1) is 0 Å². The number of nitrogens with zero attached hydrogens (tertiary/aromatic N) is 2. The van der Waals surface area contributed by atoms with Crippen LogP contribution in [0.1, 0.15) is 35.8 Å². The van der Waals surface area contributed by atoms with Crippen molar-refractivity contribution in [1.29, 1.82) is 0 Å². The van der Waals surface area contributed by atoms with Crippen molar-refractivity contribution in [3.8, 4) is 0 Å². The van der Waals surface area contributed by atoms with Gasteiger partial charge in [-0.25, -0.2) is 0 Å². The molecule has 4 heteroatoms. The standard InChI is InChI=1S/C15H17BrN2O/c1-2-10-18-15(13(16)11-17-18)14(19)9-8-12-6-4-3-5-7-12/h3-7,11H,2,8-10H2,1H3. The summed E-state index contributed by atoms with van der Waals surface area (Å²) in [6, 6.07) is 10.1. The molecule has 0 saturated carbocycles. The summed E-state index contributed by atoms with van der Waals surface area (Å²) in [5.41, 5.74) is 1.88. The Hall–Kier alpha value is -1.42. The Kier molecular flexibility index (Phi) is 4.91. The SMILES string of the molecule is CCCn1ncc(Br)c1C(=O)CCc1ccccc1. The van der Waals surface area contributed by atoms with Crippen molar-refractivity contribution in [3.63, 3.8) is 0 Å². The number of aromatic nitrogens is 2. The predicted octanol–water partition coefficient (Wildman–Crippen LogP) is 3.87. The number of rotatable bonds is 6. The highest BCUT2D eigenvalue weighted by Gasteiger charge is 2.16. The summed E-state index contributed by atoms with van der Waals surface area (Å²) in [6.07, 6.45) is 3.94. The van der Waals surface area contributed by atoms with Gasteiger partial charge in [0.05, 0.1) is 10.7 Å². The maximum absolute atomic E-state index is 12.3. The van der Waals surface area contributed by atoms with Gasteiger partial charge >= 0.3 is 0 Å². The van der Waals surface area contributed by atoms with Crippen LogP contribution in [0.25, 0.3) is 0 Å². The first kappa shape index (κ1) is 14.0. The van der Waals surface area contributed by atoms with Crippen molar-refractivity contribution in [2.45, 2.75) is 32.7 Å². The highest BCUT2D eigenvalue weighted by molar-refractivity contribution is 9.10. The van der Waals surface area contributed by atoms with Crippen LogP contribution in [-0.4, -0.2) is 15.6 Å². The smallest absolute Gasteiger partial charge is 0.182 e. The Morgan fingerprint density at radius 2 is 2.05 bits per heavy atom. The second-order valence-corrected chi connectivity index (χ2v) is 5.33. The Morgan fingerprint density at radius 3 is 2.74 bits per heavy atom. The van der Waals surface area contributed by atoms with Crippen LogP contribution in [-0.2, 0) is 13.0 Å². The summed E-state index contributed by atoms with van der Waals surface area (Å²) in [6.45, 7) is 2.85. The molecule has 0 radical (unpaired) electrons. The summed E-state index contributed by atoms with van der Waals surface area (Å²) < 4.78 is 2.58. The third-order valence-electron chi connectivity index (χ3n) is 2.98. The fraction of sp³-hybridized carbons (Fsp3) is 0.333. The van der Waals surface area contributed by atoms with Gasteiger partial charge < -0.3 is 0 Å². The van der Waals surface area contributed by atoms with Crippen molar-refractivity contribution in [1.82, 2.24) is 9.78 Å². The zero-order valence-electron chi connectivity index (χ0n) is 11.0. The highest BCUT2D eigenvalue weighted by atomic mass is 79.9. The Balaban J connectivity index is 2.06. The number of ketones is 1. The lowest BCUT2D eigenvalue weighted by molar-refractivity contribution is 0.0971. The molecule has 0 bridgehead atoms. The molecule has 0 aliphatic carbocycles. The molecular weight excluding hydrogens is 304 g/mol. The molecule has 0 aliphatic rings. The number of hydrogen-bond donors (Lipinski definition) is 0. The fourth-order valence-electron chi connectivity index (χ4n) is 2.04. The second-order valence-electron chi connectivity index (χ2n) is 4.47. The molecule has 100 valence electrons. The van der Waals surface area contributed by atoms with Crippen LogP contribution in [0.3, 0.4) is 0 Å². The average molecular weight is 321 g/mol. The minimum Gasteiger partial charge on any atom is -0.292 e. The minimum atomic E-state index is 0.140. The van der Waals surface area contributed by atoms with Gasteiger partial charge in [-0.3, -0.25) is 9.48 Å². The van der Waals surface area contributed by atoms with Gasteiger partial charge in [-0.2, -0.15) is 5.10 Å². The molecule has 0 N–H and O–H groups in total. The summed E-state index contributed by atoms with van der Waals surface area (Å²) in [7, 11) is 0. The zero-order valence-corrected chi connectivity index (χ0v) is 12.6. The molecule has 2 aromatic rings. The van der Waals surface area contributed by atoms with E-state index in [9.17, 15) is 4.79 Å². The molecular formula is C15H17BrN2O. The minimum absolute atomic E-state index is 0.140. The number of aryl methyl sites for hydroxylation is 2. The van der Waals surface area contributed by atoms with Crippen LogP contribution >= 0.6 is 15.9 Å². The second kappa shape index (κ2) is 6.66. The maximum atomic E-state index is 12.3. The molecule has 0 aliphatic heterocycles. The lowest BCUT2D eigenvalue weighted by Gasteiger charge is -2.06. The van der Waals surface area contributed by atoms with E-state index in [4.69, 9.17) is 0 Å². The molecule has 3 nitrogen and oxygen atoms in total. The van der Waals surface area contributed by atoms with Crippen LogP contribution in [0.4, 0.5) is 0 Å². The molecule has 19 heavy (non-hydrogen) atoms. The molecule has 0 amide bonds. The first-order chi connectivity index (χ1) is 9.22. The zero-order chi connectivity index (χ0) is 13.7. The monoisotopic (exact) mass is 320 g/mol. The van der Waals surface area contributed by atoms with E-state index in [1.165, 1.54) is 5.56 Å². The molecule has 0 atom stereocenters. The quantitative estimate of drug-likeness (QED) is 0.757. The van der Waals surface area contributed by atoms with E-state index in [1.54, 1.807) is 10.9 Å². The topological polar surface area (TPSA) is 34.9 Å². The van der Waals surface area contributed by atoms with E-state index in [1.807, 2.05) is 30.3 Å². The van der Waals surface area contributed by atoms with Gasteiger partial charge in [-0.1, -0.05) is 37.3 Å². The fourth-order valence-corrected chi connectivity index (χ4v) is 2.56. The van der Waals surface area contributed by atoms with Crippen molar-refractivity contribution in [2.75, 3.05) is 0 Å². The van der Waals surface area contributed by atoms with E-state index in [0.29, 0.717) is 12.1 Å². The molecule has 0 spiro atoms. The number of halogens is 1. The van der Waals surface area contributed by atoms with Crippen molar-refractivity contribution >= 4 is 21.7 Å². The molecule has 1 aromatic carbocycles. The van der Waals surface area contributed by atoms with Crippen molar-refractivity contribution in [3.05, 3.63) is 52.3 Å². The molecule has 1 heterocycles. The summed E-state index contributed by atoms with van der Waals surface area (Å²) in [4.78, 5) is 12.3. The van der Waals surface area contributed by atoms with Crippen LogP contribution in [0.15, 0.2) is 41.0 Å². The Labute approximate surface area is 121 Å². The van der Waals surface area contributed by atoms with E-state index in [-0.39, 0.29) is 5.78 Å². The van der Waals surface area contributed by atoms with Gasteiger partial charge in [0.1, 0.15) is 5.69 Å². The first-order valence-corrected chi connectivity index (χ1v) is 7.30. The first-order valence-electron chi connectivity index (χ1n) is 6.50. The number of Topliss-reactive ketones (excluding diaryl/α,β-unsaturated/α-hetero) is 1. The lowest BCUT2D eigenvalue weighted by Crippen LogP contribution is -2.11. The molecule has 1 aromatic heterocycles. The van der Waals surface area contributed by atoms with E-state index < -0.39 is 0 Å². The number of carbonyl (C=O) groups excluding carboxylic acids is 1. The molecule has 0 unspecified atom stereocenters. The van der Waals surface area contributed by atoms with Gasteiger partial charge in [0.15, 0.2) is 5.78 Å². The number of hydrogen-bond acceptors (Lipinski definition) is 2. The van der Waals surface area contributed by atoms with Crippen LogP contribution in [0.2, 0.25) is 0 Å². The summed E-state index contributed by atoms with van der Waals surface area (Å²) in [5, 5.41) is 4.23. The number of benzene rings is 1. The molecule has 2 rings (SSSR count). The summed E-state index contributed by atoms with van der Waals surface area (Å²) >= 11 is 3.41. The lowest BCUT2D eigenvalue weighted by atomic mass is 10.1. The third kappa shape index (κ3) is 3.53. The largest absolute Gasteiger partial charge is 0.292 e. The van der Waals surface area contributed by atoms with E-state index in [2.05, 4.69) is 28.0 Å². The summed E-state index contributed by atoms with van der Waals surface area (Å²) in [5.74, 6) is 0.140. The maximum Gasteiger partial charge on any atom is 0.182 e. The highest BCUT2D eigenvalue weighted by Crippen LogP contribution is 2.19. The van der Waals surface area contributed by atoms with Gasteiger partial charge in [0.2, 0.25) is 0 Å². The van der Waals surface area contributed by atoms with Crippen molar-refractivity contribution < 1.29 is 4.79 Å². The Morgan fingerprint density at radius 1 is 1.32 bits per heavy atom. The normalized spacial score (nSPS) is 10.6. The average Bonchev–Trinajstić information content (AvgIpc) is 2.79. The molecule has 0 saturated heterocycles. The van der Waals surface area contributed by atoms with Crippen LogP contribution < -0.4 is 0 Å². The van der Waals surface area contributed by atoms with Gasteiger partial charge in [0, 0.05) is 13.0 Å². The van der Waals surface area contributed by atoms with Crippen LogP contribution in [0, 0.1) is 0 Å². The van der Waals surface area contributed by atoms with E-state index in [0.717, 1.165) is 23.9 Å². The van der Waals surface area contributed by atoms with E-state index >= 15 is 0 Å². The van der Waals surface area contributed by atoms with Crippen molar-refractivity contribution in [2.24, 2.45) is 0 Å². The van der Waals surface area contributed by atoms with Gasteiger partial charge in [0.25, 0.3) is 0 Å². The number of carbonyl (C=O) groups is 1. The van der Waals surface area contributed by atoms with Gasteiger partial charge in [-0.05, 0) is 34.3 Å². The Bertz CT molecular complexity index is 549. The predicted molar refractivity (Wildman–Crippen MR) is 79.3 cm³/mol.